The van der Waals surface area contributed by atoms with E-state index in [9.17, 15) is 22.8 Å². The van der Waals surface area contributed by atoms with Gasteiger partial charge < -0.3 is 10.1 Å². The quantitative estimate of drug-likeness (QED) is 0.868. The average Bonchev–Trinajstić information content (AvgIpc) is 2.52. The van der Waals surface area contributed by atoms with Crippen LogP contribution in [0.1, 0.15) is 36.7 Å². The first kappa shape index (κ1) is 19.7. The van der Waals surface area contributed by atoms with Crippen LogP contribution in [-0.4, -0.2) is 25.2 Å². The van der Waals surface area contributed by atoms with Gasteiger partial charge in [-0.05, 0) is 24.6 Å². The highest BCUT2D eigenvalue weighted by Gasteiger charge is 2.39. The zero-order valence-corrected chi connectivity index (χ0v) is 12.7. The van der Waals surface area contributed by atoms with Gasteiger partial charge in [-0.2, -0.15) is 13.2 Å². The molecule has 0 saturated carbocycles. The van der Waals surface area contributed by atoms with Gasteiger partial charge in [-0.25, -0.2) is 4.79 Å². The van der Waals surface area contributed by atoms with Gasteiger partial charge in [0.15, 0.2) is 0 Å². The summed E-state index contributed by atoms with van der Waals surface area (Å²) >= 11 is 0. The highest BCUT2D eigenvalue weighted by molar-refractivity contribution is 5.92. The molecule has 0 unspecified atom stereocenters. The van der Waals surface area contributed by atoms with Gasteiger partial charge in [0, 0.05) is 5.70 Å². The molecule has 0 aliphatic heterocycles. The molecule has 22 heavy (non-hydrogen) atoms. The molecule has 7 heteroatoms. The topological polar surface area (TPSA) is 55.4 Å². The van der Waals surface area contributed by atoms with E-state index < -0.39 is 18.1 Å². The second kappa shape index (κ2) is 8.86. The van der Waals surface area contributed by atoms with Crippen LogP contribution >= 0.6 is 0 Å². The summed E-state index contributed by atoms with van der Waals surface area (Å²) in [4.78, 5) is 22.1. The number of hydrogen-bond donors (Lipinski definition) is 1. The minimum atomic E-state index is -4.96. The van der Waals surface area contributed by atoms with Gasteiger partial charge >= 0.3 is 18.1 Å². The van der Waals surface area contributed by atoms with Crippen molar-refractivity contribution < 1.29 is 27.5 Å². The Balaban J connectivity index is 0.00000211. The number of esters is 1. The highest BCUT2D eigenvalue weighted by atomic mass is 19.4. The molecule has 122 valence electrons. The van der Waals surface area contributed by atoms with E-state index in [-0.39, 0.29) is 11.3 Å². The number of rotatable bonds is 3. The predicted octanol–water partition coefficient (Wildman–Crippen LogP) is 3.54. The Morgan fingerprint density at radius 2 is 1.55 bits per heavy atom. The molecule has 0 heterocycles. The molecule has 1 N–H and O–H groups in total. The molecule has 0 aliphatic rings. The largest absolute Gasteiger partial charge is 0.471 e. The van der Waals surface area contributed by atoms with Crippen molar-refractivity contribution in [2.45, 2.75) is 26.9 Å². The van der Waals surface area contributed by atoms with E-state index in [2.05, 4.69) is 4.74 Å². The van der Waals surface area contributed by atoms with Crippen LogP contribution in [0.25, 0.3) is 5.70 Å². The third kappa shape index (κ3) is 5.59. The minimum Gasteiger partial charge on any atom is -0.465 e. The van der Waals surface area contributed by atoms with Crippen LogP contribution in [0.5, 0.6) is 0 Å². The highest BCUT2D eigenvalue weighted by Crippen LogP contribution is 2.18. The molecule has 1 amide bonds. The number of halogens is 3. The number of ether oxygens (including phenoxy) is 1. The van der Waals surface area contributed by atoms with Crippen LogP contribution in [0.3, 0.4) is 0 Å². The lowest BCUT2D eigenvalue weighted by atomic mass is 10.1. The smallest absolute Gasteiger partial charge is 0.465 e. The zero-order valence-electron chi connectivity index (χ0n) is 12.7. The van der Waals surface area contributed by atoms with Crippen LogP contribution < -0.4 is 5.32 Å². The number of alkyl halides is 3. The molecule has 0 aliphatic carbocycles. The Morgan fingerprint density at radius 1 is 1.09 bits per heavy atom. The summed E-state index contributed by atoms with van der Waals surface area (Å²) in [6, 6.07) is 5.62. The Hall–Kier alpha value is -2.31. The Bertz CT molecular complexity index is 534. The standard InChI is InChI=1S/C13H12F3NO3.C2H6/c1-3-10(17-12(19)13(14,15)16)8-4-6-9(7-5-8)11(18)20-2;1-2/h3-7H,1-2H3,(H,17,19);1-2H3/b10-3-;. The van der Waals surface area contributed by atoms with E-state index in [4.69, 9.17) is 0 Å². The molecule has 1 rings (SSSR count). The average molecular weight is 317 g/mol. The Kier molecular flexibility index (Phi) is 7.93. The molecular weight excluding hydrogens is 299 g/mol. The SMILES string of the molecule is C/C=C(\NC(=O)C(F)(F)F)c1ccc(C(=O)OC)cc1.CC. The lowest BCUT2D eigenvalue weighted by Gasteiger charge is -2.12. The van der Waals surface area contributed by atoms with Crippen LogP contribution in [0.2, 0.25) is 0 Å². The van der Waals surface area contributed by atoms with E-state index in [0.717, 1.165) is 0 Å². The number of methoxy groups -OCH3 is 1. The van der Waals surface area contributed by atoms with E-state index >= 15 is 0 Å². The lowest BCUT2D eigenvalue weighted by molar-refractivity contribution is -0.172. The van der Waals surface area contributed by atoms with Gasteiger partial charge in [-0.1, -0.05) is 32.1 Å². The molecular formula is C15H18F3NO3. The number of hydrogen-bond acceptors (Lipinski definition) is 3. The molecule has 0 aromatic heterocycles. The summed E-state index contributed by atoms with van der Waals surface area (Å²) in [5, 5.41) is 1.77. The van der Waals surface area contributed by atoms with Crippen molar-refractivity contribution in [1.29, 1.82) is 0 Å². The van der Waals surface area contributed by atoms with Crippen molar-refractivity contribution in [1.82, 2.24) is 5.32 Å². The fraction of sp³-hybridized carbons (Fsp3) is 0.333. The zero-order chi connectivity index (χ0) is 17.3. The first-order valence-corrected chi connectivity index (χ1v) is 6.52. The summed E-state index contributed by atoms with van der Waals surface area (Å²) < 4.78 is 41.0. The number of carbonyl (C=O) groups is 2. The maximum Gasteiger partial charge on any atom is 0.471 e. The van der Waals surface area contributed by atoms with Crippen molar-refractivity contribution in [3.63, 3.8) is 0 Å². The molecule has 0 saturated heterocycles. The van der Waals surface area contributed by atoms with Crippen LogP contribution in [-0.2, 0) is 9.53 Å². The molecule has 0 bridgehead atoms. The van der Waals surface area contributed by atoms with Gasteiger partial charge in [0.1, 0.15) is 0 Å². The first-order chi connectivity index (χ1) is 10.3. The molecule has 0 spiro atoms. The third-order valence-corrected chi connectivity index (χ3v) is 2.41. The van der Waals surface area contributed by atoms with Crippen molar-refractivity contribution >= 4 is 17.6 Å². The Morgan fingerprint density at radius 3 is 1.91 bits per heavy atom. The number of benzene rings is 1. The lowest BCUT2D eigenvalue weighted by Crippen LogP contribution is -2.35. The Labute approximate surface area is 127 Å². The monoisotopic (exact) mass is 317 g/mol. The van der Waals surface area contributed by atoms with Crippen molar-refractivity contribution in [3.8, 4) is 0 Å². The molecule has 1 aromatic carbocycles. The maximum absolute atomic E-state index is 12.2. The van der Waals surface area contributed by atoms with E-state index in [1.807, 2.05) is 13.8 Å². The predicted molar refractivity (Wildman–Crippen MR) is 77.0 cm³/mol. The first-order valence-electron chi connectivity index (χ1n) is 6.52. The van der Waals surface area contributed by atoms with Crippen molar-refractivity contribution in [3.05, 3.63) is 41.5 Å². The summed E-state index contributed by atoms with van der Waals surface area (Å²) in [5.74, 6) is -2.61. The summed E-state index contributed by atoms with van der Waals surface area (Å²) in [7, 11) is 1.22. The van der Waals surface area contributed by atoms with Gasteiger partial charge in [0.2, 0.25) is 0 Å². The third-order valence-electron chi connectivity index (χ3n) is 2.41. The van der Waals surface area contributed by atoms with Gasteiger partial charge in [0.25, 0.3) is 0 Å². The minimum absolute atomic E-state index is 0.00346. The molecule has 0 radical (unpaired) electrons. The van der Waals surface area contributed by atoms with Crippen LogP contribution in [0.4, 0.5) is 13.2 Å². The number of carbonyl (C=O) groups excluding carboxylic acids is 2. The second-order valence-corrected chi connectivity index (χ2v) is 3.72. The number of nitrogens with one attached hydrogen (secondary N) is 1. The molecule has 4 nitrogen and oxygen atoms in total. The van der Waals surface area contributed by atoms with E-state index in [1.54, 1.807) is 5.32 Å². The summed E-state index contributed by atoms with van der Waals surface area (Å²) in [6.45, 7) is 5.49. The number of amides is 1. The van der Waals surface area contributed by atoms with Crippen LogP contribution in [0, 0.1) is 0 Å². The fourth-order valence-corrected chi connectivity index (χ4v) is 1.41. The fourth-order valence-electron chi connectivity index (χ4n) is 1.41. The van der Waals surface area contributed by atoms with Gasteiger partial charge in [-0.3, -0.25) is 4.79 Å². The second-order valence-electron chi connectivity index (χ2n) is 3.72. The van der Waals surface area contributed by atoms with Gasteiger partial charge in [-0.15, -0.1) is 0 Å². The van der Waals surface area contributed by atoms with Gasteiger partial charge in [0.05, 0.1) is 12.7 Å². The van der Waals surface area contributed by atoms with Crippen molar-refractivity contribution in [2.24, 2.45) is 0 Å². The maximum atomic E-state index is 12.2. The van der Waals surface area contributed by atoms with Crippen LogP contribution in [0.15, 0.2) is 30.3 Å². The summed E-state index contributed by atoms with van der Waals surface area (Å²) in [5.41, 5.74) is 0.607. The molecule has 1 aromatic rings. The van der Waals surface area contributed by atoms with E-state index in [0.29, 0.717) is 5.56 Å². The normalized spacial score (nSPS) is 11.1. The van der Waals surface area contributed by atoms with Crippen molar-refractivity contribution in [2.75, 3.05) is 7.11 Å². The molecule has 0 fully saturated rings. The number of allylic oxidation sites excluding steroid dienone is 1. The molecule has 0 atom stereocenters. The van der Waals surface area contributed by atoms with E-state index in [1.165, 1.54) is 44.4 Å². The summed E-state index contributed by atoms with van der Waals surface area (Å²) in [6.07, 6.45) is -3.63.